The normalized spacial score (nSPS) is 22.0. The largest absolute Gasteiger partial charge is 0.476 e. The average molecular weight is 238 g/mol. The molecule has 92 valence electrons. The highest BCUT2D eigenvalue weighted by atomic mass is 16.6. The molecule has 1 N–H and O–H groups in total. The molecule has 1 heterocycles. The molecule has 1 fully saturated rings. The van der Waals surface area contributed by atoms with Crippen LogP contribution in [0.4, 0.5) is 11.5 Å². The molecule has 2 atom stereocenters. The summed E-state index contributed by atoms with van der Waals surface area (Å²) in [7, 11) is 1.35. The Morgan fingerprint density at radius 3 is 2.88 bits per heavy atom. The zero-order valence-electron chi connectivity index (χ0n) is 9.71. The Morgan fingerprint density at radius 1 is 1.65 bits per heavy atom. The Bertz CT molecular complexity index is 438. The number of nitrogens with zero attached hydrogens (tertiary/aromatic N) is 3. The van der Waals surface area contributed by atoms with Gasteiger partial charge >= 0.3 is 5.69 Å². The Labute approximate surface area is 98.4 Å². The number of anilines is 1. The molecular weight excluding hydrogens is 224 g/mol. The summed E-state index contributed by atoms with van der Waals surface area (Å²) >= 11 is 0. The maximum atomic E-state index is 10.9. The highest BCUT2D eigenvalue weighted by Gasteiger charge is 2.33. The highest BCUT2D eigenvalue weighted by Crippen LogP contribution is 2.38. The fourth-order valence-electron chi connectivity index (χ4n) is 1.72. The summed E-state index contributed by atoms with van der Waals surface area (Å²) in [6, 6.07) is 0. The van der Waals surface area contributed by atoms with Crippen LogP contribution in [0.3, 0.4) is 0 Å². The van der Waals surface area contributed by atoms with Crippen LogP contribution in [0, 0.1) is 22.0 Å². The maximum absolute atomic E-state index is 10.9. The van der Waals surface area contributed by atoms with Crippen LogP contribution in [-0.2, 0) is 0 Å². The zero-order valence-corrected chi connectivity index (χ0v) is 9.71. The van der Waals surface area contributed by atoms with Crippen molar-refractivity contribution < 1.29 is 9.66 Å². The molecule has 1 aliphatic rings. The van der Waals surface area contributed by atoms with Crippen LogP contribution in [0.1, 0.15) is 13.3 Å². The third-order valence-electron chi connectivity index (χ3n) is 2.97. The van der Waals surface area contributed by atoms with Gasteiger partial charge in [0, 0.05) is 6.54 Å². The van der Waals surface area contributed by atoms with Crippen LogP contribution in [0.25, 0.3) is 0 Å². The van der Waals surface area contributed by atoms with Crippen molar-refractivity contribution in [1.29, 1.82) is 0 Å². The van der Waals surface area contributed by atoms with E-state index >= 15 is 0 Å². The van der Waals surface area contributed by atoms with Gasteiger partial charge in [-0.25, -0.2) is 4.98 Å². The molecule has 2 rings (SSSR count). The first-order chi connectivity index (χ1) is 8.13. The van der Waals surface area contributed by atoms with E-state index in [2.05, 4.69) is 22.2 Å². The van der Waals surface area contributed by atoms with Gasteiger partial charge in [0.25, 0.3) is 5.88 Å². The van der Waals surface area contributed by atoms with Gasteiger partial charge in [0.15, 0.2) is 0 Å². The molecule has 0 aliphatic heterocycles. The number of ether oxygens (including phenoxy) is 1. The molecule has 2 unspecified atom stereocenters. The van der Waals surface area contributed by atoms with E-state index in [4.69, 9.17) is 4.74 Å². The van der Waals surface area contributed by atoms with Crippen molar-refractivity contribution in [2.24, 2.45) is 11.8 Å². The van der Waals surface area contributed by atoms with Gasteiger partial charge in [-0.05, 0) is 18.3 Å². The number of methoxy groups -OCH3 is 1. The van der Waals surface area contributed by atoms with E-state index in [-0.39, 0.29) is 17.4 Å². The second-order valence-corrected chi connectivity index (χ2v) is 4.19. The third kappa shape index (κ3) is 2.43. The minimum absolute atomic E-state index is 0.0173. The van der Waals surface area contributed by atoms with Gasteiger partial charge in [0.2, 0.25) is 5.82 Å². The summed E-state index contributed by atoms with van der Waals surface area (Å²) in [5.74, 6) is 1.47. The van der Waals surface area contributed by atoms with Gasteiger partial charge in [-0.15, -0.1) is 0 Å². The van der Waals surface area contributed by atoms with Crippen LogP contribution < -0.4 is 10.1 Å². The lowest BCUT2D eigenvalue weighted by molar-refractivity contribution is -0.385. The van der Waals surface area contributed by atoms with Crippen molar-refractivity contribution in [2.75, 3.05) is 19.0 Å². The lowest BCUT2D eigenvalue weighted by Crippen LogP contribution is -2.09. The molecule has 1 aliphatic carbocycles. The number of nitro groups is 1. The van der Waals surface area contributed by atoms with Gasteiger partial charge in [-0.3, -0.25) is 10.1 Å². The summed E-state index contributed by atoms with van der Waals surface area (Å²) in [4.78, 5) is 18.0. The molecule has 0 bridgehead atoms. The SMILES string of the molecule is COc1ncnc(NCC2CC2C)c1[N+](=O)[O-]. The van der Waals surface area contributed by atoms with E-state index < -0.39 is 4.92 Å². The number of hydrogen-bond acceptors (Lipinski definition) is 6. The lowest BCUT2D eigenvalue weighted by Gasteiger charge is -2.06. The van der Waals surface area contributed by atoms with Crippen molar-refractivity contribution in [3.8, 4) is 5.88 Å². The fraction of sp³-hybridized carbons (Fsp3) is 0.600. The van der Waals surface area contributed by atoms with Crippen LogP contribution in [0.5, 0.6) is 5.88 Å². The lowest BCUT2D eigenvalue weighted by atomic mass is 10.3. The van der Waals surface area contributed by atoms with E-state index in [0.29, 0.717) is 18.4 Å². The molecule has 0 aromatic carbocycles. The number of nitrogens with one attached hydrogen (secondary N) is 1. The second-order valence-electron chi connectivity index (χ2n) is 4.19. The predicted octanol–water partition coefficient (Wildman–Crippen LogP) is 1.46. The predicted molar refractivity (Wildman–Crippen MR) is 61.0 cm³/mol. The van der Waals surface area contributed by atoms with Crippen molar-refractivity contribution in [3.63, 3.8) is 0 Å². The van der Waals surface area contributed by atoms with E-state index in [1.54, 1.807) is 0 Å². The summed E-state index contributed by atoms with van der Waals surface area (Å²) < 4.78 is 4.86. The van der Waals surface area contributed by atoms with Gasteiger partial charge < -0.3 is 10.1 Å². The van der Waals surface area contributed by atoms with Crippen LogP contribution >= 0.6 is 0 Å². The van der Waals surface area contributed by atoms with Crippen molar-refractivity contribution in [1.82, 2.24) is 9.97 Å². The summed E-state index contributed by atoms with van der Waals surface area (Å²) in [5.41, 5.74) is -0.205. The molecule has 0 amide bonds. The van der Waals surface area contributed by atoms with Crippen molar-refractivity contribution >= 4 is 11.5 Å². The minimum atomic E-state index is -0.530. The van der Waals surface area contributed by atoms with E-state index in [1.165, 1.54) is 13.4 Å². The fourth-order valence-corrected chi connectivity index (χ4v) is 1.72. The molecule has 7 heteroatoms. The first-order valence-electron chi connectivity index (χ1n) is 5.40. The monoisotopic (exact) mass is 238 g/mol. The van der Waals surface area contributed by atoms with Crippen molar-refractivity contribution in [2.45, 2.75) is 13.3 Å². The first kappa shape index (κ1) is 11.6. The molecule has 1 saturated carbocycles. The quantitative estimate of drug-likeness (QED) is 0.617. The maximum Gasteiger partial charge on any atom is 0.372 e. The molecule has 1 aromatic rings. The standard InChI is InChI=1S/C10H14N4O3/c1-6-3-7(6)4-11-9-8(14(15)16)10(17-2)13-5-12-9/h5-7H,3-4H2,1-2H3,(H,11,12,13). The highest BCUT2D eigenvalue weighted by molar-refractivity contribution is 5.61. The van der Waals surface area contributed by atoms with Gasteiger partial charge in [-0.2, -0.15) is 4.98 Å². The van der Waals surface area contributed by atoms with E-state index in [9.17, 15) is 10.1 Å². The Morgan fingerprint density at radius 2 is 2.35 bits per heavy atom. The Hall–Kier alpha value is -1.92. The van der Waals surface area contributed by atoms with Gasteiger partial charge in [0.05, 0.1) is 12.0 Å². The summed E-state index contributed by atoms with van der Waals surface area (Å²) in [6.45, 7) is 2.85. The first-order valence-corrected chi connectivity index (χ1v) is 5.40. The molecule has 0 radical (unpaired) electrons. The summed E-state index contributed by atoms with van der Waals surface area (Å²) in [5, 5.41) is 13.9. The Kier molecular flexibility index (Phi) is 3.08. The average Bonchev–Trinajstić information content (AvgIpc) is 3.01. The van der Waals surface area contributed by atoms with Gasteiger partial charge in [0.1, 0.15) is 6.33 Å². The molecule has 7 nitrogen and oxygen atoms in total. The van der Waals surface area contributed by atoms with Crippen LogP contribution in [0.2, 0.25) is 0 Å². The topological polar surface area (TPSA) is 90.2 Å². The molecule has 17 heavy (non-hydrogen) atoms. The number of aromatic nitrogens is 2. The Balaban J connectivity index is 2.16. The van der Waals surface area contributed by atoms with Gasteiger partial charge in [-0.1, -0.05) is 6.92 Å². The number of hydrogen-bond donors (Lipinski definition) is 1. The minimum Gasteiger partial charge on any atom is -0.476 e. The van der Waals surface area contributed by atoms with E-state index in [1.807, 2.05) is 0 Å². The molecule has 0 saturated heterocycles. The zero-order chi connectivity index (χ0) is 12.4. The van der Waals surface area contributed by atoms with Crippen LogP contribution in [0.15, 0.2) is 6.33 Å². The number of rotatable bonds is 5. The molecular formula is C10H14N4O3. The smallest absolute Gasteiger partial charge is 0.372 e. The molecule has 0 spiro atoms. The molecule has 1 aromatic heterocycles. The third-order valence-corrected chi connectivity index (χ3v) is 2.97. The van der Waals surface area contributed by atoms with Crippen molar-refractivity contribution in [3.05, 3.63) is 16.4 Å². The summed E-state index contributed by atoms with van der Waals surface area (Å²) in [6.07, 6.45) is 2.41. The van der Waals surface area contributed by atoms with Crippen LogP contribution in [-0.4, -0.2) is 28.5 Å². The second kappa shape index (κ2) is 4.52. The van der Waals surface area contributed by atoms with E-state index in [0.717, 1.165) is 6.42 Å².